The number of carbonyl (C=O) groups is 2. The Bertz CT molecular complexity index is 1150. The van der Waals surface area contributed by atoms with E-state index in [1.807, 2.05) is 26.1 Å². The van der Waals surface area contributed by atoms with Crippen molar-refractivity contribution >= 4 is 63.5 Å². The summed E-state index contributed by atoms with van der Waals surface area (Å²) in [7, 11) is 1.82. The number of aromatic nitrogens is 3. The van der Waals surface area contributed by atoms with Crippen LogP contribution < -0.4 is 10.6 Å². The lowest BCUT2D eigenvalue weighted by Gasteiger charge is -2.15. The highest BCUT2D eigenvalue weighted by Gasteiger charge is 2.19. The van der Waals surface area contributed by atoms with Crippen LogP contribution in [0.4, 0.5) is 5.69 Å². The van der Waals surface area contributed by atoms with Crippen molar-refractivity contribution in [3.8, 4) is 0 Å². The van der Waals surface area contributed by atoms with E-state index in [4.69, 9.17) is 11.6 Å². The lowest BCUT2D eigenvalue weighted by Crippen LogP contribution is -2.28. The van der Waals surface area contributed by atoms with Crippen molar-refractivity contribution < 1.29 is 9.59 Å². The van der Waals surface area contributed by atoms with Gasteiger partial charge in [-0.25, -0.2) is 0 Å². The Hall–Kier alpha value is -2.11. The molecule has 1 unspecified atom stereocenters. The molecule has 174 valence electrons. The zero-order chi connectivity index (χ0) is 24.1. The van der Waals surface area contributed by atoms with E-state index in [1.54, 1.807) is 28.8 Å². The van der Waals surface area contributed by atoms with Crippen LogP contribution in [0.25, 0.3) is 0 Å². The van der Waals surface area contributed by atoms with Crippen molar-refractivity contribution in [3.05, 3.63) is 68.0 Å². The number of halogens is 2. The maximum atomic E-state index is 12.6. The molecular weight excluding hydrogens is 573 g/mol. The lowest BCUT2D eigenvalue weighted by atomic mass is 10.0. The minimum absolute atomic E-state index is 0.114. The maximum absolute atomic E-state index is 12.6. The van der Waals surface area contributed by atoms with Crippen LogP contribution in [0.1, 0.15) is 54.5 Å². The third kappa shape index (κ3) is 6.70. The quantitative estimate of drug-likeness (QED) is 0.268. The van der Waals surface area contributed by atoms with Gasteiger partial charge in [-0.05, 0) is 83.5 Å². The normalized spacial score (nSPS) is 12.0. The summed E-state index contributed by atoms with van der Waals surface area (Å²) in [6, 6.07) is 12.3. The van der Waals surface area contributed by atoms with Gasteiger partial charge in [-0.15, -0.1) is 10.2 Å². The maximum Gasteiger partial charge on any atom is 0.251 e. The number of hydrogen-bond acceptors (Lipinski definition) is 5. The molecule has 1 heterocycles. The first kappa shape index (κ1) is 25.5. The molecule has 10 heteroatoms. The van der Waals surface area contributed by atoms with Crippen LogP contribution in [0, 0.1) is 3.57 Å². The molecule has 2 aromatic carbocycles. The molecule has 2 amide bonds. The third-order valence-corrected chi connectivity index (χ3v) is 6.90. The summed E-state index contributed by atoms with van der Waals surface area (Å²) in [5.74, 6) is 0.751. The van der Waals surface area contributed by atoms with E-state index >= 15 is 0 Å². The average Bonchev–Trinajstić information content (AvgIpc) is 3.14. The predicted octanol–water partition coefficient (Wildman–Crippen LogP) is 5.42. The van der Waals surface area contributed by atoms with E-state index in [2.05, 4.69) is 63.3 Å². The monoisotopic (exact) mass is 597 g/mol. The molecule has 0 aliphatic heterocycles. The van der Waals surface area contributed by atoms with Gasteiger partial charge < -0.3 is 15.2 Å². The minimum Gasteiger partial charge on any atom is -0.342 e. The number of benzene rings is 2. The summed E-state index contributed by atoms with van der Waals surface area (Å²) in [6.45, 7) is 6.04. The molecule has 0 aliphatic carbocycles. The first-order valence-electron chi connectivity index (χ1n) is 10.3. The van der Waals surface area contributed by atoms with E-state index in [9.17, 15) is 9.59 Å². The molecule has 7 nitrogen and oxygen atoms in total. The van der Waals surface area contributed by atoms with Crippen molar-refractivity contribution in [2.75, 3.05) is 11.1 Å². The fourth-order valence-electron chi connectivity index (χ4n) is 3.22. The SMILES string of the molecule is CC(C)c1cc(I)ccc1NC(=O)CSc1nnc(C(C)NC(=O)c2ccc(Cl)cc2)n1C. The van der Waals surface area contributed by atoms with E-state index < -0.39 is 0 Å². The van der Waals surface area contributed by atoms with E-state index in [-0.39, 0.29) is 23.6 Å². The summed E-state index contributed by atoms with van der Waals surface area (Å²) in [4.78, 5) is 25.0. The molecule has 3 rings (SSSR count). The third-order valence-electron chi connectivity index (χ3n) is 4.95. The van der Waals surface area contributed by atoms with Crippen LogP contribution in [-0.4, -0.2) is 32.3 Å². The van der Waals surface area contributed by atoms with Crippen molar-refractivity contribution in [2.45, 2.75) is 37.9 Å². The predicted molar refractivity (Wildman–Crippen MR) is 141 cm³/mol. The molecule has 0 aliphatic rings. The molecule has 0 radical (unpaired) electrons. The first-order valence-corrected chi connectivity index (χ1v) is 12.8. The van der Waals surface area contributed by atoms with Crippen LogP contribution >= 0.6 is 46.0 Å². The second-order valence-electron chi connectivity index (χ2n) is 7.82. The van der Waals surface area contributed by atoms with Gasteiger partial charge in [0.1, 0.15) is 0 Å². The molecule has 0 spiro atoms. The standard InChI is InChI=1S/C23H25ClIN5O2S/c1-13(2)18-11-17(25)9-10-19(18)27-20(31)12-33-23-29-28-21(30(23)4)14(3)26-22(32)15-5-7-16(24)8-6-15/h5-11,13-14H,12H2,1-4H3,(H,26,32)(H,27,31). The minimum atomic E-state index is -0.366. The smallest absolute Gasteiger partial charge is 0.251 e. The Morgan fingerprint density at radius 1 is 1.12 bits per heavy atom. The van der Waals surface area contributed by atoms with Gasteiger partial charge in [-0.3, -0.25) is 9.59 Å². The molecule has 0 bridgehead atoms. The zero-order valence-electron chi connectivity index (χ0n) is 18.7. The van der Waals surface area contributed by atoms with Gasteiger partial charge in [0.2, 0.25) is 5.91 Å². The largest absolute Gasteiger partial charge is 0.342 e. The molecular formula is C23H25ClIN5O2S. The molecule has 0 saturated heterocycles. The van der Waals surface area contributed by atoms with E-state index in [0.29, 0.717) is 27.5 Å². The fourth-order valence-corrected chi connectivity index (χ4v) is 4.58. The van der Waals surface area contributed by atoms with Crippen molar-refractivity contribution in [2.24, 2.45) is 7.05 Å². The van der Waals surface area contributed by atoms with Crippen LogP contribution in [0.5, 0.6) is 0 Å². The van der Waals surface area contributed by atoms with Gasteiger partial charge in [0.05, 0.1) is 11.8 Å². The summed E-state index contributed by atoms with van der Waals surface area (Å²) in [5, 5.41) is 15.5. The molecule has 2 N–H and O–H groups in total. The second-order valence-corrected chi connectivity index (χ2v) is 10.4. The average molecular weight is 598 g/mol. The number of rotatable bonds is 8. The highest BCUT2D eigenvalue weighted by atomic mass is 127. The summed E-state index contributed by atoms with van der Waals surface area (Å²) < 4.78 is 2.92. The van der Waals surface area contributed by atoms with Crippen molar-refractivity contribution in [3.63, 3.8) is 0 Å². The number of amides is 2. The molecule has 33 heavy (non-hydrogen) atoms. The number of anilines is 1. The summed E-state index contributed by atoms with van der Waals surface area (Å²) in [6.07, 6.45) is 0. The van der Waals surface area contributed by atoms with Crippen LogP contribution in [0.3, 0.4) is 0 Å². The topological polar surface area (TPSA) is 88.9 Å². The first-order chi connectivity index (χ1) is 15.7. The molecule has 3 aromatic rings. The van der Waals surface area contributed by atoms with E-state index in [0.717, 1.165) is 14.8 Å². The van der Waals surface area contributed by atoms with Gasteiger partial charge >= 0.3 is 0 Å². The Morgan fingerprint density at radius 3 is 2.48 bits per heavy atom. The lowest BCUT2D eigenvalue weighted by molar-refractivity contribution is -0.113. The van der Waals surface area contributed by atoms with Crippen LogP contribution in [0.2, 0.25) is 5.02 Å². The van der Waals surface area contributed by atoms with Crippen molar-refractivity contribution in [1.29, 1.82) is 0 Å². The Balaban J connectivity index is 1.60. The Morgan fingerprint density at radius 2 is 1.82 bits per heavy atom. The number of hydrogen-bond donors (Lipinski definition) is 2. The van der Waals surface area contributed by atoms with Gasteiger partial charge in [-0.1, -0.05) is 37.2 Å². The number of nitrogens with one attached hydrogen (secondary N) is 2. The van der Waals surface area contributed by atoms with Gasteiger partial charge in [0, 0.05) is 26.9 Å². The summed E-state index contributed by atoms with van der Waals surface area (Å²) >= 11 is 9.45. The molecule has 0 fully saturated rings. The number of thioether (sulfide) groups is 1. The van der Waals surface area contributed by atoms with Crippen LogP contribution in [-0.2, 0) is 11.8 Å². The molecule has 0 saturated carbocycles. The second kappa shape index (κ2) is 11.3. The fraction of sp³-hybridized carbons (Fsp3) is 0.304. The summed E-state index contributed by atoms with van der Waals surface area (Å²) in [5.41, 5.74) is 2.44. The number of carbonyl (C=O) groups excluding carboxylic acids is 2. The number of nitrogens with zero attached hydrogens (tertiary/aromatic N) is 3. The molecule has 1 aromatic heterocycles. The van der Waals surface area contributed by atoms with Gasteiger partial charge in [-0.2, -0.15) is 0 Å². The van der Waals surface area contributed by atoms with Gasteiger partial charge in [0.25, 0.3) is 5.91 Å². The Labute approximate surface area is 216 Å². The van der Waals surface area contributed by atoms with Gasteiger partial charge in [0.15, 0.2) is 11.0 Å². The molecule has 1 atom stereocenters. The highest BCUT2D eigenvalue weighted by Crippen LogP contribution is 2.27. The highest BCUT2D eigenvalue weighted by molar-refractivity contribution is 14.1. The van der Waals surface area contributed by atoms with Crippen molar-refractivity contribution in [1.82, 2.24) is 20.1 Å². The van der Waals surface area contributed by atoms with Crippen LogP contribution in [0.15, 0.2) is 47.6 Å². The van der Waals surface area contributed by atoms with E-state index in [1.165, 1.54) is 11.8 Å². The zero-order valence-corrected chi connectivity index (χ0v) is 22.5. The Kier molecular flexibility index (Phi) is 8.77.